The third kappa shape index (κ3) is 4.76. The highest BCUT2D eigenvalue weighted by atomic mass is 32.2. The van der Waals surface area contributed by atoms with Crippen LogP contribution in [-0.2, 0) is 24.8 Å². The van der Waals surface area contributed by atoms with Crippen LogP contribution in [-0.4, -0.2) is 64.8 Å². The van der Waals surface area contributed by atoms with Gasteiger partial charge in [0.15, 0.2) is 0 Å². The maximum Gasteiger partial charge on any atom is 0.242 e. The highest BCUT2D eigenvalue weighted by molar-refractivity contribution is 7.89. The lowest BCUT2D eigenvalue weighted by molar-refractivity contribution is -0.116. The molecule has 1 rings (SSSR count). The van der Waals surface area contributed by atoms with Crippen molar-refractivity contribution < 1.29 is 21.6 Å². The van der Waals surface area contributed by atoms with Crippen LogP contribution in [0.3, 0.4) is 0 Å². The molecule has 0 spiro atoms. The van der Waals surface area contributed by atoms with Crippen LogP contribution < -0.4 is 5.32 Å². The van der Waals surface area contributed by atoms with Gasteiger partial charge in [-0.15, -0.1) is 0 Å². The third-order valence-corrected chi connectivity index (χ3v) is 7.09. The molecule has 1 aromatic carbocycles. The second kappa shape index (κ2) is 7.60. The first-order chi connectivity index (χ1) is 10.9. The van der Waals surface area contributed by atoms with Crippen molar-refractivity contribution in [1.82, 2.24) is 8.61 Å². The molecule has 0 bridgehead atoms. The Morgan fingerprint density at radius 1 is 1.12 bits per heavy atom. The molecule has 10 heteroatoms. The number of carbonyl (C=O) groups is 1. The Kier molecular flexibility index (Phi) is 6.51. The van der Waals surface area contributed by atoms with Gasteiger partial charge in [-0.3, -0.25) is 4.79 Å². The van der Waals surface area contributed by atoms with E-state index in [1.807, 2.05) is 0 Å². The van der Waals surface area contributed by atoms with Crippen LogP contribution in [0.1, 0.15) is 12.5 Å². The van der Waals surface area contributed by atoms with E-state index in [0.717, 1.165) is 8.61 Å². The smallest absolute Gasteiger partial charge is 0.242 e. The van der Waals surface area contributed by atoms with Crippen LogP contribution in [0.4, 0.5) is 5.69 Å². The Morgan fingerprint density at radius 3 is 2.21 bits per heavy atom. The van der Waals surface area contributed by atoms with Gasteiger partial charge in [0.2, 0.25) is 26.0 Å². The Hall–Kier alpha value is -1.49. The van der Waals surface area contributed by atoms with Gasteiger partial charge in [-0.05, 0) is 31.5 Å². The Labute approximate surface area is 143 Å². The monoisotopic (exact) mass is 377 g/mol. The molecule has 0 aliphatic carbocycles. The van der Waals surface area contributed by atoms with E-state index in [1.54, 1.807) is 13.0 Å². The second-order valence-electron chi connectivity index (χ2n) is 5.47. The Bertz CT molecular complexity index is 817. The number of rotatable bonds is 7. The first-order valence-corrected chi connectivity index (χ1v) is 10.2. The van der Waals surface area contributed by atoms with Gasteiger partial charge in [-0.1, -0.05) is 6.07 Å². The number of nitrogens with zero attached hydrogens (tertiary/aromatic N) is 2. The fourth-order valence-corrected chi connectivity index (χ4v) is 3.50. The lowest BCUT2D eigenvalue weighted by atomic mass is 10.2. The molecule has 0 radical (unpaired) electrons. The van der Waals surface area contributed by atoms with Crippen molar-refractivity contribution in [2.24, 2.45) is 0 Å². The van der Waals surface area contributed by atoms with Crippen molar-refractivity contribution in [3.63, 3.8) is 0 Å². The largest absolute Gasteiger partial charge is 0.325 e. The summed E-state index contributed by atoms with van der Waals surface area (Å²) < 4.78 is 49.7. The standard InChI is InChI=1S/C14H23N3O5S2/c1-6-23(19,20)17(5)10-14(18)15-13-9-12(8-7-11(13)2)24(21,22)16(3)4/h7-9H,6,10H2,1-5H3,(H,15,18). The predicted octanol–water partition coefficient (Wildman–Crippen LogP) is 0.465. The minimum atomic E-state index is -3.63. The lowest BCUT2D eigenvalue weighted by Gasteiger charge is -2.17. The maximum atomic E-state index is 12.2. The van der Waals surface area contributed by atoms with Gasteiger partial charge >= 0.3 is 0 Å². The van der Waals surface area contributed by atoms with Crippen LogP contribution in [0.2, 0.25) is 0 Å². The number of likely N-dealkylation sites (N-methyl/N-ethyl adjacent to an activating group) is 1. The molecule has 0 aliphatic rings. The summed E-state index contributed by atoms with van der Waals surface area (Å²) in [5, 5.41) is 2.56. The number of amides is 1. The van der Waals surface area contributed by atoms with E-state index in [9.17, 15) is 21.6 Å². The van der Waals surface area contributed by atoms with Gasteiger partial charge in [0, 0.05) is 26.8 Å². The van der Waals surface area contributed by atoms with Crippen molar-refractivity contribution >= 4 is 31.6 Å². The second-order valence-corrected chi connectivity index (χ2v) is 9.99. The average Bonchev–Trinajstić information content (AvgIpc) is 2.48. The van der Waals surface area contributed by atoms with E-state index in [4.69, 9.17) is 0 Å². The van der Waals surface area contributed by atoms with Gasteiger partial charge in [-0.2, -0.15) is 4.31 Å². The molecule has 8 nitrogen and oxygen atoms in total. The number of carbonyl (C=O) groups excluding carboxylic acids is 1. The fourth-order valence-electron chi connectivity index (χ4n) is 1.82. The topological polar surface area (TPSA) is 104 Å². The third-order valence-electron chi connectivity index (χ3n) is 3.47. The molecule has 1 N–H and O–H groups in total. The minimum absolute atomic E-state index is 0.0444. The number of sulfonamides is 2. The molecular formula is C14H23N3O5S2. The van der Waals surface area contributed by atoms with E-state index in [-0.39, 0.29) is 17.2 Å². The number of hydrogen-bond donors (Lipinski definition) is 1. The molecule has 1 aromatic rings. The van der Waals surface area contributed by atoms with E-state index >= 15 is 0 Å². The summed E-state index contributed by atoms with van der Waals surface area (Å²) in [6.45, 7) is 2.86. The molecule has 0 aromatic heterocycles. The summed E-state index contributed by atoms with van der Waals surface area (Å²) in [7, 11) is -2.95. The van der Waals surface area contributed by atoms with Crippen molar-refractivity contribution in [2.45, 2.75) is 18.7 Å². The quantitative estimate of drug-likeness (QED) is 0.744. The number of anilines is 1. The molecule has 0 saturated heterocycles. The van der Waals surface area contributed by atoms with Crippen molar-refractivity contribution in [3.8, 4) is 0 Å². The normalized spacial score (nSPS) is 12.6. The molecule has 0 atom stereocenters. The highest BCUT2D eigenvalue weighted by Gasteiger charge is 2.21. The summed E-state index contributed by atoms with van der Waals surface area (Å²) in [6.07, 6.45) is 0. The molecule has 0 aliphatic heterocycles. The van der Waals surface area contributed by atoms with Gasteiger partial charge in [0.05, 0.1) is 17.2 Å². The van der Waals surface area contributed by atoms with Gasteiger partial charge in [0.1, 0.15) is 0 Å². The van der Waals surface area contributed by atoms with E-state index in [1.165, 1.54) is 40.2 Å². The first-order valence-electron chi connectivity index (χ1n) is 7.19. The zero-order valence-electron chi connectivity index (χ0n) is 14.4. The maximum absolute atomic E-state index is 12.2. The molecule has 0 heterocycles. The van der Waals surface area contributed by atoms with E-state index in [0.29, 0.717) is 11.3 Å². The number of nitrogens with one attached hydrogen (secondary N) is 1. The highest BCUT2D eigenvalue weighted by Crippen LogP contribution is 2.22. The van der Waals surface area contributed by atoms with Gasteiger partial charge < -0.3 is 5.32 Å². The number of aryl methyl sites for hydroxylation is 1. The van der Waals surface area contributed by atoms with Crippen LogP contribution in [0, 0.1) is 6.92 Å². The molecule has 0 fully saturated rings. The number of benzene rings is 1. The van der Waals surface area contributed by atoms with Gasteiger partial charge in [0.25, 0.3) is 0 Å². The molecule has 136 valence electrons. The Balaban J connectivity index is 3.02. The van der Waals surface area contributed by atoms with E-state index in [2.05, 4.69) is 5.32 Å². The lowest BCUT2D eigenvalue weighted by Crippen LogP contribution is -2.35. The average molecular weight is 377 g/mol. The number of hydrogen-bond acceptors (Lipinski definition) is 5. The molecule has 0 unspecified atom stereocenters. The summed E-state index contributed by atoms with van der Waals surface area (Å²) in [6, 6.07) is 4.39. The van der Waals surface area contributed by atoms with Gasteiger partial charge in [-0.25, -0.2) is 21.1 Å². The van der Waals surface area contributed by atoms with Crippen LogP contribution in [0.25, 0.3) is 0 Å². The minimum Gasteiger partial charge on any atom is -0.325 e. The van der Waals surface area contributed by atoms with E-state index < -0.39 is 26.0 Å². The van der Waals surface area contributed by atoms with Crippen molar-refractivity contribution in [3.05, 3.63) is 23.8 Å². The first kappa shape index (κ1) is 20.6. The summed E-state index contributed by atoms with van der Waals surface area (Å²) >= 11 is 0. The van der Waals surface area contributed by atoms with Crippen LogP contribution in [0.15, 0.2) is 23.1 Å². The molecular weight excluding hydrogens is 354 g/mol. The predicted molar refractivity (Wildman–Crippen MR) is 92.8 cm³/mol. The molecule has 1 amide bonds. The molecule has 0 saturated carbocycles. The summed E-state index contributed by atoms with van der Waals surface area (Å²) in [5.74, 6) is -0.649. The summed E-state index contributed by atoms with van der Waals surface area (Å²) in [4.78, 5) is 12.1. The fraction of sp³-hybridized carbons (Fsp3) is 0.500. The zero-order chi connectivity index (χ0) is 18.7. The molecule has 24 heavy (non-hydrogen) atoms. The van der Waals surface area contributed by atoms with Crippen molar-refractivity contribution in [2.75, 3.05) is 38.8 Å². The summed E-state index contributed by atoms with van der Waals surface area (Å²) in [5.41, 5.74) is 0.993. The zero-order valence-corrected chi connectivity index (χ0v) is 16.0. The van der Waals surface area contributed by atoms with Crippen molar-refractivity contribution in [1.29, 1.82) is 0 Å². The van der Waals surface area contributed by atoms with Crippen LogP contribution >= 0.6 is 0 Å². The van der Waals surface area contributed by atoms with Crippen LogP contribution in [0.5, 0.6) is 0 Å². The SMILES string of the molecule is CCS(=O)(=O)N(C)CC(=O)Nc1cc(S(=O)(=O)N(C)C)ccc1C. The Morgan fingerprint density at radius 2 is 1.71 bits per heavy atom.